The van der Waals surface area contributed by atoms with Crippen LogP contribution in [0.5, 0.6) is 0 Å². The van der Waals surface area contributed by atoms with Crippen LogP contribution in [0.3, 0.4) is 0 Å². The van der Waals surface area contributed by atoms with Crippen molar-refractivity contribution in [3.8, 4) is 0 Å². The molecular formula is C19H24N6O2. The van der Waals surface area contributed by atoms with Gasteiger partial charge in [0.25, 0.3) is 11.8 Å². The van der Waals surface area contributed by atoms with E-state index in [1.807, 2.05) is 13.8 Å². The van der Waals surface area contributed by atoms with Crippen molar-refractivity contribution in [2.75, 3.05) is 37.6 Å². The lowest BCUT2D eigenvalue weighted by Gasteiger charge is -2.34. The Morgan fingerprint density at radius 3 is 2.41 bits per heavy atom. The first-order valence-electron chi connectivity index (χ1n) is 9.09. The standard InChI is InChI=1S/C19H24N6O2/c1-14(2)11-23-17(26)15-10-16(13-20-12-15)18(27)24-6-8-25(9-7-24)19-21-4-3-5-22-19/h3-5,10,12-14H,6-9,11H2,1-2H3,(H,23,26). The van der Waals surface area contributed by atoms with Crippen LogP contribution in [0.1, 0.15) is 34.6 Å². The van der Waals surface area contributed by atoms with E-state index in [1.54, 1.807) is 29.4 Å². The summed E-state index contributed by atoms with van der Waals surface area (Å²) in [6.45, 7) is 7.11. The number of nitrogens with one attached hydrogen (secondary N) is 1. The number of hydrogen-bond donors (Lipinski definition) is 1. The number of carbonyl (C=O) groups excluding carboxylic acids is 2. The number of anilines is 1. The molecule has 3 rings (SSSR count). The lowest BCUT2D eigenvalue weighted by molar-refractivity contribution is 0.0746. The largest absolute Gasteiger partial charge is 0.352 e. The van der Waals surface area contributed by atoms with Gasteiger partial charge in [-0.2, -0.15) is 0 Å². The summed E-state index contributed by atoms with van der Waals surface area (Å²) >= 11 is 0. The van der Waals surface area contributed by atoms with Crippen molar-refractivity contribution < 1.29 is 9.59 Å². The molecule has 0 spiro atoms. The summed E-state index contributed by atoms with van der Waals surface area (Å²) in [7, 11) is 0. The highest BCUT2D eigenvalue weighted by Crippen LogP contribution is 2.13. The second-order valence-corrected chi connectivity index (χ2v) is 6.89. The van der Waals surface area contributed by atoms with Gasteiger partial charge in [-0.15, -0.1) is 0 Å². The molecule has 8 heteroatoms. The summed E-state index contributed by atoms with van der Waals surface area (Å²) < 4.78 is 0. The van der Waals surface area contributed by atoms with Crippen molar-refractivity contribution in [3.05, 3.63) is 48.0 Å². The summed E-state index contributed by atoms with van der Waals surface area (Å²) in [4.78, 5) is 41.4. The van der Waals surface area contributed by atoms with Gasteiger partial charge >= 0.3 is 0 Å². The van der Waals surface area contributed by atoms with Crippen LogP contribution in [-0.2, 0) is 0 Å². The lowest BCUT2D eigenvalue weighted by atomic mass is 10.1. The number of hydrogen-bond acceptors (Lipinski definition) is 6. The molecule has 1 aliphatic rings. The molecule has 8 nitrogen and oxygen atoms in total. The summed E-state index contributed by atoms with van der Waals surface area (Å²) in [6.07, 6.45) is 6.41. The molecule has 0 saturated carbocycles. The SMILES string of the molecule is CC(C)CNC(=O)c1cncc(C(=O)N2CCN(c3ncccn3)CC2)c1. The molecule has 0 bridgehead atoms. The summed E-state index contributed by atoms with van der Waals surface area (Å²) in [5.74, 6) is 0.707. The number of piperazine rings is 1. The molecule has 0 radical (unpaired) electrons. The van der Waals surface area contributed by atoms with Crippen LogP contribution in [0.15, 0.2) is 36.9 Å². The molecule has 0 aromatic carbocycles. The van der Waals surface area contributed by atoms with Gasteiger partial charge in [0.1, 0.15) is 0 Å². The van der Waals surface area contributed by atoms with E-state index < -0.39 is 0 Å². The highest BCUT2D eigenvalue weighted by atomic mass is 16.2. The topological polar surface area (TPSA) is 91.3 Å². The van der Waals surface area contributed by atoms with Crippen LogP contribution in [0.25, 0.3) is 0 Å². The van der Waals surface area contributed by atoms with E-state index in [0.717, 1.165) is 0 Å². The van der Waals surface area contributed by atoms with Gasteiger partial charge in [-0.3, -0.25) is 14.6 Å². The van der Waals surface area contributed by atoms with Crippen LogP contribution in [-0.4, -0.2) is 64.4 Å². The smallest absolute Gasteiger partial charge is 0.255 e. The Kier molecular flexibility index (Phi) is 5.95. The number of nitrogens with zero attached hydrogens (tertiary/aromatic N) is 5. The molecule has 1 aliphatic heterocycles. The molecule has 3 heterocycles. The predicted octanol–water partition coefficient (Wildman–Crippen LogP) is 1.22. The van der Waals surface area contributed by atoms with E-state index in [-0.39, 0.29) is 11.8 Å². The molecule has 2 amide bonds. The zero-order valence-corrected chi connectivity index (χ0v) is 15.6. The Morgan fingerprint density at radius 1 is 1.07 bits per heavy atom. The van der Waals surface area contributed by atoms with Crippen LogP contribution in [0.2, 0.25) is 0 Å². The molecule has 1 N–H and O–H groups in total. The molecule has 0 aliphatic carbocycles. The number of rotatable bonds is 5. The van der Waals surface area contributed by atoms with E-state index >= 15 is 0 Å². The zero-order valence-electron chi connectivity index (χ0n) is 15.6. The highest BCUT2D eigenvalue weighted by molar-refractivity contribution is 5.99. The Labute approximate surface area is 158 Å². The van der Waals surface area contributed by atoms with Gasteiger partial charge in [-0.1, -0.05) is 13.8 Å². The second kappa shape index (κ2) is 8.57. The second-order valence-electron chi connectivity index (χ2n) is 6.89. The minimum Gasteiger partial charge on any atom is -0.352 e. The average molecular weight is 368 g/mol. The first-order valence-corrected chi connectivity index (χ1v) is 9.09. The summed E-state index contributed by atoms with van der Waals surface area (Å²) in [5, 5.41) is 2.84. The molecule has 142 valence electrons. The summed E-state index contributed by atoms with van der Waals surface area (Å²) in [6, 6.07) is 3.39. The van der Waals surface area contributed by atoms with Crippen molar-refractivity contribution in [1.82, 2.24) is 25.2 Å². The molecule has 1 fully saturated rings. The molecule has 0 atom stereocenters. The predicted molar refractivity (Wildman–Crippen MR) is 102 cm³/mol. The molecule has 2 aromatic rings. The highest BCUT2D eigenvalue weighted by Gasteiger charge is 2.24. The monoisotopic (exact) mass is 368 g/mol. The molecule has 27 heavy (non-hydrogen) atoms. The normalized spacial score (nSPS) is 14.3. The first-order chi connectivity index (χ1) is 13.0. The van der Waals surface area contributed by atoms with Crippen LogP contribution in [0, 0.1) is 5.92 Å². The van der Waals surface area contributed by atoms with E-state index in [4.69, 9.17) is 0 Å². The Balaban J connectivity index is 1.61. The van der Waals surface area contributed by atoms with Gasteiger partial charge in [0.15, 0.2) is 0 Å². The van der Waals surface area contributed by atoms with E-state index in [9.17, 15) is 9.59 Å². The molecule has 1 saturated heterocycles. The number of carbonyl (C=O) groups is 2. The van der Waals surface area contributed by atoms with Crippen molar-refractivity contribution in [3.63, 3.8) is 0 Å². The fourth-order valence-electron chi connectivity index (χ4n) is 2.83. The Bertz CT molecular complexity index is 788. The van der Waals surface area contributed by atoms with E-state index in [2.05, 4.69) is 25.2 Å². The summed E-state index contributed by atoms with van der Waals surface area (Å²) in [5.41, 5.74) is 0.828. The Morgan fingerprint density at radius 2 is 1.74 bits per heavy atom. The van der Waals surface area contributed by atoms with Crippen molar-refractivity contribution in [2.45, 2.75) is 13.8 Å². The van der Waals surface area contributed by atoms with Crippen molar-refractivity contribution in [2.24, 2.45) is 5.92 Å². The first kappa shape index (κ1) is 18.8. The third-order valence-electron chi connectivity index (χ3n) is 4.32. The van der Waals surface area contributed by atoms with Gasteiger partial charge < -0.3 is 15.1 Å². The number of pyridine rings is 1. The zero-order chi connectivity index (χ0) is 19.2. The van der Waals surface area contributed by atoms with E-state index in [0.29, 0.717) is 55.7 Å². The quantitative estimate of drug-likeness (QED) is 0.853. The molecular weight excluding hydrogens is 344 g/mol. The van der Waals surface area contributed by atoms with Crippen molar-refractivity contribution >= 4 is 17.8 Å². The van der Waals surface area contributed by atoms with E-state index in [1.165, 1.54) is 12.4 Å². The van der Waals surface area contributed by atoms with Gasteiger partial charge in [-0.05, 0) is 18.1 Å². The number of amides is 2. The molecule has 0 unspecified atom stereocenters. The van der Waals surface area contributed by atoms with Gasteiger partial charge in [0.2, 0.25) is 5.95 Å². The van der Waals surface area contributed by atoms with Crippen LogP contribution >= 0.6 is 0 Å². The van der Waals surface area contributed by atoms with Gasteiger partial charge in [0.05, 0.1) is 11.1 Å². The minimum absolute atomic E-state index is 0.116. The number of aromatic nitrogens is 3. The maximum absolute atomic E-state index is 12.8. The fourth-order valence-corrected chi connectivity index (χ4v) is 2.83. The fraction of sp³-hybridized carbons (Fsp3) is 0.421. The van der Waals surface area contributed by atoms with Gasteiger partial charge in [0, 0.05) is 57.5 Å². The lowest BCUT2D eigenvalue weighted by Crippen LogP contribution is -2.49. The average Bonchev–Trinajstić information content (AvgIpc) is 2.72. The maximum atomic E-state index is 12.8. The molecule has 2 aromatic heterocycles. The Hall–Kier alpha value is -3.03. The third-order valence-corrected chi connectivity index (χ3v) is 4.32. The van der Waals surface area contributed by atoms with Gasteiger partial charge in [-0.25, -0.2) is 9.97 Å². The van der Waals surface area contributed by atoms with Crippen molar-refractivity contribution in [1.29, 1.82) is 0 Å². The minimum atomic E-state index is -0.211. The van der Waals surface area contributed by atoms with Crippen LogP contribution in [0.4, 0.5) is 5.95 Å². The third kappa shape index (κ3) is 4.78. The maximum Gasteiger partial charge on any atom is 0.255 e. The van der Waals surface area contributed by atoms with Crippen LogP contribution < -0.4 is 10.2 Å².